The van der Waals surface area contributed by atoms with Crippen molar-refractivity contribution in [1.29, 1.82) is 0 Å². The van der Waals surface area contributed by atoms with Gasteiger partial charge in [0, 0.05) is 18.3 Å². The summed E-state index contributed by atoms with van der Waals surface area (Å²) >= 11 is 5.81. The van der Waals surface area contributed by atoms with Gasteiger partial charge in [-0.1, -0.05) is 48.0 Å². The lowest BCUT2D eigenvalue weighted by atomic mass is 10.1. The Morgan fingerprint density at radius 2 is 1.69 bits per heavy atom. The standard InChI is InChI=1S/C21H19ClN2O4S/c1-24(29(26,27)18-12-10-17(22)11-13-18)15-20(25)28-21(16-7-3-2-4-8-16)19-9-5-6-14-23-19/h2-14,21H,15H2,1H3. The molecule has 0 N–H and O–H groups in total. The Hall–Kier alpha value is -2.74. The van der Waals surface area contributed by atoms with E-state index in [4.69, 9.17) is 16.3 Å². The van der Waals surface area contributed by atoms with E-state index in [1.54, 1.807) is 24.4 Å². The van der Waals surface area contributed by atoms with Gasteiger partial charge in [0.25, 0.3) is 0 Å². The molecule has 0 spiro atoms. The van der Waals surface area contributed by atoms with Crippen molar-refractivity contribution in [3.8, 4) is 0 Å². The van der Waals surface area contributed by atoms with Gasteiger partial charge in [-0.25, -0.2) is 8.42 Å². The first-order valence-electron chi connectivity index (χ1n) is 8.75. The van der Waals surface area contributed by atoms with Crippen LogP contribution in [0.1, 0.15) is 17.4 Å². The zero-order chi connectivity index (χ0) is 20.9. The Balaban J connectivity index is 1.77. The average molecular weight is 431 g/mol. The van der Waals surface area contributed by atoms with Gasteiger partial charge >= 0.3 is 5.97 Å². The number of rotatable bonds is 7. The molecule has 0 aliphatic rings. The molecule has 1 heterocycles. The summed E-state index contributed by atoms with van der Waals surface area (Å²) in [6, 6.07) is 20.2. The van der Waals surface area contributed by atoms with E-state index in [0.717, 1.165) is 9.87 Å². The number of carbonyl (C=O) groups is 1. The first kappa shape index (κ1) is 21.0. The van der Waals surface area contributed by atoms with Crippen molar-refractivity contribution in [3.63, 3.8) is 0 Å². The Morgan fingerprint density at radius 3 is 2.31 bits per heavy atom. The lowest BCUT2D eigenvalue weighted by molar-refractivity contribution is -0.147. The van der Waals surface area contributed by atoms with Crippen molar-refractivity contribution < 1.29 is 17.9 Å². The fourth-order valence-electron chi connectivity index (χ4n) is 2.68. The molecule has 0 aliphatic carbocycles. The van der Waals surface area contributed by atoms with Gasteiger partial charge in [0.1, 0.15) is 6.54 Å². The molecule has 0 fully saturated rings. The number of sulfonamides is 1. The van der Waals surface area contributed by atoms with Gasteiger partial charge in [0.2, 0.25) is 10.0 Å². The minimum absolute atomic E-state index is 0.0431. The van der Waals surface area contributed by atoms with Crippen LogP contribution in [0, 0.1) is 0 Å². The van der Waals surface area contributed by atoms with Crippen molar-refractivity contribution in [2.45, 2.75) is 11.0 Å². The SMILES string of the molecule is CN(CC(=O)OC(c1ccccc1)c1ccccn1)S(=O)(=O)c1ccc(Cl)cc1. The van der Waals surface area contributed by atoms with Gasteiger partial charge in [-0.3, -0.25) is 9.78 Å². The number of nitrogens with zero attached hydrogens (tertiary/aromatic N) is 2. The first-order valence-corrected chi connectivity index (χ1v) is 10.6. The van der Waals surface area contributed by atoms with E-state index < -0.39 is 28.6 Å². The molecule has 150 valence electrons. The van der Waals surface area contributed by atoms with Gasteiger partial charge in [0.05, 0.1) is 10.6 Å². The third-order valence-electron chi connectivity index (χ3n) is 4.18. The fraction of sp³-hybridized carbons (Fsp3) is 0.143. The number of hydrogen-bond acceptors (Lipinski definition) is 5. The van der Waals surface area contributed by atoms with Crippen LogP contribution in [0.4, 0.5) is 0 Å². The maximum atomic E-state index is 12.7. The minimum atomic E-state index is -3.86. The van der Waals surface area contributed by atoms with Crippen molar-refractivity contribution in [3.05, 3.63) is 95.3 Å². The van der Waals surface area contributed by atoms with Crippen molar-refractivity contribution in [2.75, 3.05) is 13.6 Å². The van der Waals surface area contributed by atoms with Crippen molar-refractivity contribution in [2.24, 2.45) is 0 Å². The molecule has 8 heteroatoms. The number of pyridine rings is 1. The Labute approximate surface area is 174 Å². The smallest absolute Gasteiger partial charge is 0.322 e. The molecule has 0 bridgehead atoms. The largest absolute Gasteiger partial charge is 0.450 e. The number of ether oxygens (including phenoxy) is 1. The molecule has 1 aromatic heterocycles. The van der Waals surface area contributed by atoms with Crippen LogP contribution in [-0.4, -0.2) is 37.3 Å². The molecule has 1 unspecified atom stereocenters. The normalized spacial score (nSPS) is 12.5. The van der Waals surface area contributed by atoms with Gasteiger partial charge in [-0.05, 0) is 42.0 Å². The third-order valence-corrected chi connectivity index (χ3v) is 6.25. The van der Waals surface area contributed by atoms with Crippen LogP contribution in [0.5, 0.6) is 0 Å². The summed E-state index contributed by atoms with van der Waals surface area (Å²) in [4.78, 5) is 16.9. The highest BCUT2D eigenvalue weighted by Crippen LogP contribution is 2.25. The number of aromatic nitrogens is 1. The van der Waals surface area contributed by atoms with Crippen LogP contribution in [0.3, 0.4) is 0 Å². The summed E-state index contributed by atoms with van der Waals surface area (Å²) in [5.41, 5.74) is 1.29. The summed E-state index contributed by atoms with van der Waals surface area (Å²) in [6.07, 6.45) is 0.868. The lowest BCUT2D eigenvalue weighted by Crippen LogP contribution is -2.33. The van der Waals surface area contributed by atoms with Gasteiger partial charge in [-0.2, -0.15) is 4.31 Å². The molecule has 1 atom stereocenters. The second kappa shape index (κ2) is 9.17. The highest BCUT2D eigenvalue weighted by molar-refractivity contribution is 7.89. The molecule has 2 aromatic carbocycles. The summed E-state index contributed by atoms with van der Waals surface area (Å²) < 4.78 is 31.9. The summed E-state index contributed by atoms with van der Waals surface area (Å²) in [5, 5.41) is 0.423. The number of benzene rings is 2. The molecule has 0 saturated heterocycles. The molecule has 6 nitrogen and oxygen atoms in total. The van der Waals surface area contributed by atoms with Crippen LogP contribution in [-0.2, 0) is 19.6 Å². The average Bonchev–Trinajstić information content (AvgIpc) is 2.73. The molecule has 0 radical (unpaired) electrons. The van der Waals surface area contributed by atoms with E-state index in [1.807, 2.05) is 30.3 Å². The molecule has 0 saturated carbocycles. The number of esters is 1. The molecule has 0 aliphatic heterocycles. The number of hydrogen-bond donors (Lipinski definition) is 0. The van der Waals surface area contributed by atoms with E-state index >= 15 is 0 Å². The van der Waals surface area contributed by atoms with Gasteiger partial charge < -0.3 is 4.74 Å². The number of carbonyl (C=O) groups excluding carboxylic acids is 1. The van der Waals surface area contributed by atoms with Crippen molar-refractivity contribution >= 4 is 27.6 Å². The predicted octanol–water partition coefficient (Wildman–Crippen LogP) is 3.69. The van der Waals surface area contributed by atoms with E-state index in [0.29, 0.717) is 10.7 Å². The maximum Gasteiger partial charge on any atom is 0.322 e. The van der Waals surface area contributed by atoms with Gasteiger partial charge in [-0.15, -0.1) is 0 Å². The summed E-state index contributed by atoms with van der Waals surface area (Å²) in [7, 11) is -2.53. The predicted molar refractivity (Wildman–Crippen MR) is 110 cm³/mol. The Kier molecular flexibility index (Phi) is 6.64. The molecule has 0 amide bonds. The zero-order valence-corrected chi connectivity index (χ0v) is 17.2. The van der Waals surface area contributed by atoms with E-state index in [2.05, 4.69) is 4.98 Å². The molecule has 3 aromatic rings. The fourth-order valence-corrected chi connectivity index (χ4v) is 3.92. The number of likely N-dealkylation sites (N-methyl/N-ethyl adjacent to an activating group) is 1. The van der Waals surface area contributed by atoms with E-state index in [1.165, 1.54) is 31.3 Å². The van der Waals surface area contributed by atoms with Gasteiger partial charge in [0.15, 0.2) is 6.10 Å². The maximum absolute atomic E-state index is 12.7. The molecule has 29 heavy (non-hydrogen) atoms. The number of halogens is 1. The second-order valence-electron chi connectivity index (χ2n) is 6.25. The van der Waals surface area contributed by atoms with Crippen LogP contribution >= 0.6 is 11.6 Å². The minimum Gasteiger partial charge on any atom is -0.450 e. The molecular formula is C21H19ClN2O4S. The Bertz CT molecular complexity index is 1020. The lowest BCUT2D eigenvalue weighted by Gasteiger charge is -2.21. The topological polar surface area (TPSA) is 76.6 Å². The van der Waals surface area contributed by atoms with Crippen LogP contribution in [0.25, 0.3) is 0 Å². The van der Waals surface area contributed by atoms with Crippen molar-refractivity contribution in [1.82, 2.24) is 9.29 Å². The summed E-state index contributed by atoms with van der Waals surface area (Å²) in [5.74, 6) is -0.690. The van der Waals surface area contributed by atoms with E-state index in [-0.39, 0.29) is 4.90 Å². The molecular weight excluding hydrogens is 412 g/mol. The highest BCUT2D eigenvalue weighted by atomic mass is 35.5. The first-order chi connectivity index (χ1) is 13.9. The monoisotopic (exact) mass is 430 g/mol. The second-order valence-corrected chi connectivity index (χ2v) is 8.73. The summed E-state index contributed by atoms with van der Waals surface area (Å²) in [6.45, 7) is -0.443. The molecule has 3 rings (SSSR count). The van der Waals surface area contributed by atoms with Crippen LogP contribution in [0.2, 0.25) is 5.02 Å². The van der Waals surface area contributed by atoms with E-state index in [9.17, 15) is 13.2 Å². The quantitative estimate of drug-likeness (QED) is 0.534. The zero-order valence-electron chi connectivity index (χ0n) is 15.6. The highest BCUT2D eigenvalue weighted by Gasteiger charge is 2.26. The Morgan fingerprint density at radius 1 is 1.03 bits per heavy atom. The van der Waals surface area contributed by atoms with Crippen LogP contribution < -0.4 is 0 Å². The third kappa shape index (κ3) is 5.20. The van der Waals surface area contributed by atoms with Crippen LogP contribution in [0.15, 0.2) is 83.9 Å².